The lowest BCUT2D eigenvalue weighted by molar-refractivity contribution is -0.384. The highest BCUT2D eigenvalue weighted by atomic mass is 16.7. The van der Waals surface area contributed by atoms with E-state index in [1.54, 1.807) is 18.2 Å². The predicted octanol–water partition coefficient (Wildman–Crippen LogP) is 3.60. The van der Waals surface area contributed by atoms with Gasteiger partial charge in [0, 0.05) is 29.4 Å². The highest BCUT2D eigenvalue weighted by molar-refractivity contribution is 6.25. The molecule has 4 aliphatic rings. The fourth-order valence-corrected chi connectivity index (χ4v) is 6.04. The number of nitrogens with zero attached hydrogens (tertiary/aromatic N) is 3. The number of para-hydroxylation sites is 1. The van der Waals surface area contributed by atoms with Crippen LogP contribution in [0.2, 0.25) is 0 Å². The van der Waals surface area contributed by atoms with Gasteiger partial charge in [-0.1, -0.05) is 42.5 Å². The van der Waals surface area contributed by atoms with E-state index < -0.39 is 46.4 Å². The molecule has 0 radical (unpaired) electrons. The third kappa shape index (κ3) is 3.03. The molecule has 4 heterocycles. The van der Waals surface area contributed by atoms with Crippen LogP contribution in [0.15, 0.2) is 72.8 Å². The van der Waals surface area contributed by atoms with Crippen LogP contribution in [0.5, 0.6) is 11.5 Å². The van der Waals surface area contributed by atoms with E-state index in [1.807, 2.05) is 41.3 Å². The first-order valence-electron chi connectivity index (χ1n) is 12.1. The molecule has 10 nitrogen and oxygen atoms in total. The number of hydrogen-bond donors (Lipinski definition) is 0. The molecular formula is C28H19N3O7. The van der Waals surface area contributed by atoms with E-state index in [0.29, 0.717) is 17.2 Å². The van der Waals surface area contributed by atoms with Crippen molar-refractivity contribution < 1.29 is 28.8 Å². The number of imide groups is 1. The number of nitro benzene ring substituents is 1. The van der Waals surface area contributed by atoms with Gasteiger partial charge in [0.2, 0.25) is 18.6 Å². The summed E-state index contributed by atoms with van der Waals surface area (Å²) in [6, 6.07) is 16.2. The normalized spacial score (nSPS) is 24.3. The summed E-state index contributed by atoms with van der Waals surface area (Å²) in [6.07, 6.45) is 3.75. The largest absolute Gasteiger partial charge is 0.454 e. The summed E-state index contributed by atoms with van der Waals surface area (Å²) in [6.45, 7) is 0.0486. The number of hydrogen-bond acceptors (Lipinski definition) is 8. The summed E-state index contributed by atoms with van der Waals surface area (Å²) in [4.78, 5) is 55.7. The predicted molar refractivity (Wildman–Crippen MR) is 135 cm³/mol. The second kappa shape index (κ2) is 8.01. The van der Waals surface area contributed by atoms with Gasteiger partial charge in [0.25, 0.3) is 5.69 Å². The van der Waals surface area contributed by atoms with Gasteiger partial charge in [0.05, 0.1) is 28.5 Å². The lowest BCUT2D eigenvalue weighted by Crippen LogP contribution is -2.48. The Balaban J connectivity index is 1.35. The van der Waals surface area contributed by atoms with Crippen LogP contribution in [0.3, 0.4) is 0 Å². The Labute approximate surface area is 215 Å². The number of rotatable bonds is 4. The van der Waals surface area contributed by atoms with Gasteiger partial charge < -0.3 is 14.4 Å². The van der Waals surface area contributed by atoms with E-state index in [1.165, 1.54) is 24.3 Å². The fourth-order valence-electron chi connectivity index (χ4n) is 6.04. The lowest BCUT2D eigenvalue weighted by Gasteiger charge is -2.36. The molecular weight excluding hydrogens is 490 g/mol. The number of amides is 2. The summed E-state index contributed by atoms with van der Waals surface area (Å²) in [7, 11) is 0. The molecule has 0 bridgehead atoms. The average Bonchev–Trinajstić information content (AvgIpc) is 3.61. The number of fused-ring (bicyclic) bond motifs is 6. The maximum absolute atomic E-state index is 14.1. The zero-order valence-electron chi connectivity index (χ0n) is 19.7. The molecule has 0 N–H and O–H groups in total. The minimum atomic E-state index is -1.03. The van der Waals surface area contributed by atoms with Crippen molar-refractivity contribution in [3.05, 3.63) is 94.0 Å². The minimum absolute atomic E-state index is 0.0486. The molecule has 0 aliphatic carbocycles. The van der Waals surface area contributed by atoms with Crippen LogP contribution < -0.4 is 19.3 Å². The van der Waals surface area contributed by atoms with Gasteiger partial charge in [0.15, 0.2) is 17.3 Å². The molecule has 0 unspecified atom stereocenters. The highest BCUT2D eigenvalue weighted by Gasteiger charge is 2.64. The monoisotopic (exact) mass is 509 g/mol. The van der Waals surface area contributed by atoms with Crippen LogP contribution in [0.4, 0.5) is 17.1 Å². The lowest BCUT2D eigenvalue weighted by atomic mass is 9.86. The van der Waals surface area contributed by atoms with Crippen molar-refractivity contribution >= 4 is 40.7 Å². The number of Topliss-reactive ketones (excluding diaryl/α,β-unsaturated/α-hetero) is 1. The van der Waals surface area contributed by atoms with Gasteiger partial charge in [-0.2, -0.15) is 0 Å². The number of anilines is 2. The van der Waals surface area contributed by atoms with Gasteiger partial charge in [-0.25, -0.2) is 4.90 Å². The van der Waals surface area contributed by atoms with Gasteiger partial charge in [-0.3, -0.25) is 24.5 Å². The molecule has 188 valence electrons. The van der Waals surface area contributed by atoms with Gasteiger partial charge in [0.1, 0.15) is 6.04 Å². The van der Waals surface area contributed by atoms with Crippen LogP contribution in [0, 0.1) is 22.0 Å². The van der Waals surface area contributed by atoms with E-state index in [4.69, 9.17) is 9.47 Å². The van der Waals surface area contributed by atoms with E-state index >= 15 is 0 Å². The quantitative estimate of drug-likeness (QED) is 0.227. The molecule has 3 aromatic rings. The number of non-ortho nitro benzene ring substituents is 1. The maximum atomic E-state index is 14.1. The van der Waals surface area contributed by atoms with E-state index in [-0.39, 0.29) is 18.0 Å². The smallest absolute Gasteiger partial charge is 0.270 e. The molecule has 2 fully saturated rings. The summed E-state index contributed by atoms with van der Waals surface area (Å²) >= 11 is 0. The number of ether oxygens (including phenoxy) is 2. The van der Waals surface area contributed by atoms with Crippen molar-refractivity contribution in [3.63, 3.8) is 0 Å². The van der Waals surface area contributed by atoms with Gasteiger partial charge >= 0.3 is 0 Å². The molecule has 0 saturated carbocycles. The molecule has 10 heteroatoms. The Bertz CT molecular complexity index is 1600. The van der Waals surface area contributed by atoms with Crippen LogP contribution in [-0.2, 0) is 9.59 Å². The Morgan fingerprint density at radius 2 is 1.71 bits per heavy atom. The minimum Gasteiger partial charge on any atom is -0.454 e. The van der Waals surface area contributed by atoms with Crippen molar-refractivity contribution in [1.82, 2.24) is 0 Å². The summed E-state index contributed by atoms with van der Waals surface area (Å²) in [5, 5.41) is 11.4. The van der Waals surface area contributed by atoms with Crippen LogP contribution in [0.1, 0.15) is 15.9 Å². The van der Waals surface area contributed by atoms with Crippen molar-refractivity contribution in [2.24, 2.45) is 11.8 Å². The molecule has 0 aromatic heterocycles. The van der Waals surface area contributed by atoms with E-state index in [2.05, 4.69) is 0 Å². The summed E-state index contributed by atoms with van der Waals surface area (Å²) in [5.41, 5.74) is 1.81. The molecule has 0 spiro atoms. The average molecular weight is 509 g/mol. The molecule has 38 heavy (non-hydrogen) atoms. The Kier molecular flexibility index (Phi) is 4.68. The molecule has 2 amide bonds. The van der Waals surface area contributed by atoms with E-state index in [9.17, 15) is 24.5 Å². The second-order valence-electron chi connectivity index (χ2n) is 9.53. The van der Waals surface area contributed by atoms with Crippen LogP contribution in [-0.4, -0.2) is 41.4 Å². The summed E-state index contributed by atoms with van der Waals surface area (Å²) < 4.78 is 10.8. The number of nitro groups is 1. The molecule has 7 rings (SSSR count). The van der Waals surface area contributed by atoms with Gasteiger partial charge in [-0.05, 0) is 23.8 Å². The molecule has 3 aromatic carbocycles. The number of carbonyl (C=O) groups is 3. The van der Waals surface area contributed by atoms with Gasteiger partial charge in [-0.15, -0.1) is 0 Å². The van der Waals surface area contributed by atoms with Crippen molar-refractivity contribution in [3.8, 4) is 11.5 Å². The first-order valence-corrected chi connectivity index (χ1v) is 12.1. The SMILES string of the molecule is O=C(c1cccc([N+](=O)[O-])c1)[C@@H]1[C@H]2C(=O)N(c3ccc4c(c3)OCO4)C(=O)[C@@H]2[C@H]2C=Cc3ccccc3N21. The van der Waals surface area contributed by atoms with Crippen molar-refractivity contribution in [1.29, 1.82) is 0 Å². The number of carbonyl (C=O) groups excluding carboxylic acids is 3. The van der Waals surface area contributed by atoms with Crippen molar-refractivity contribution in [2.75, 3.05) is 16.6 Å². The number of benzene rings is 3. The van der Waals surface area contributed by atoms with Crippen molar-refractivity contribution in [2.45, 2.75) is 12.1 Å². The topological polar surface area (TPSA) is 119 Å². The number of ketones is 1. The highest BCUT2D eigenvalue weighted by Crippen LogP contribution is 2.50. The van der Waals surface area contributed by atoms with Crippen LogP contribution >= 0.6 is 0 Å². The molecule has 4 aliphatic heterocycles. The third-order valence-electron chi connectivity index (χ3n) is 7.64. The van der Waals surface area contributed by atoms with Crippen LogP contribution in [0.25, 0.3) is 6.08 Å². The zero-order chi connectivity index (χ0) is 26.1. The Morgan fingerprint density at radius 1 is 0.921 bits per heavy atom. The standard InChI is InChI=1S/C28H19N3O7/c32-26(16-5-3-6-18(12-16)31(35)36)25-24-23(20-10-8-15-4-1-2-7-19(15)30(20)25)27(33)29(28(24)34)17-9-11-21-22(13-17)38-14-37-21/h1-13,20,23-25H,14H2/t20-,23-,24+,25+/m1/s1. The molecule has 2 saturated heterocycles. The second-order valence-corrected chi connectivity index (χ2v) is 9.53. The maximum Gasteiger partial charge on any atom is 0.270 e. The Morgan fingerprint density at radius 3 is 2.55 bits per heavy atom. The summed E-state index contributed by atoms with van der Waals surface area (Å²) in [5.74, 6) is -2.21. The first-order chi connectivity index (χ1) is 18.4. The fraction of sp³-hybridized carbons (Fsp3) is 0.179. The Hall–Kier alpha value is -4.99. The van der Waals surface area contributed by atoms with E-state index in [0.717, 1.165) is 16.2 Å². The molecule has 4 atom stereocenters. The first kappa shape index (κ1) is 22.2. The zero-order valence-corrected chi connectivity index (χ0v) is 19.7. The third-order valence-corrected chi connectivity index (χ3v) is 7.64.